The molecule has 27 heavy (non-hydrogen) atoms. The topological polar surface area (TPSA) is 137 Å². The highest BCUT2D eigenvalue weighted by atomic mass is 16.5. The average molecular weight is 388 g/mol. The van der Waals surface area contributed by atoms with Crippen LogP contribution in [0.1, 0.15) is 44.9 Å². The second kappa shape index (κ2) is 14.5. The van der Waals surface area contributed by atoms with Gasteiger partial charge >= 0.3 is 17.9 Å². The van der Waals surface area contributed by atoms with Crippen LogP contribution in [0.3, 0.4) is 0 Å². The first-order valence-corrected chi connectivity index (χ1v) is 8.61. The number of carbonyl (C=O) groups is 5. The summed E-state index contributed by atoms with van der Waals surface area (Å²) in [6.07, 6.45) is 1.36. The minimum absolute atomic E-state index is 0.0182. The van der Waals surface area contributed by atoms with Crippen LogP contribution >= 0.6 is 0 Å². The second-order valence-electron chi connectivity index (χ2n) is 5.64. The van der Waals surface area contributed by atoms with E-state index in [9.17, 15) is 24.0 Å². The maximum absolute atomic E-state index is 11.8. The van der Waals surface area contributed by atoms with Gasteiger partial charge in [-0.15, -0.1) is 0 Å². The van der Waals surface area contributed by atoms with E-state index in [0.717, 1.165) is 0 Å². The van der Waals surface area contributed by atoms with Crippen LogP contribution in [0, 0.1) is 0 Å². The molecular formula is C17H28N2O8. The quantitative estimate of drug-likeness (QED) is 0.252. The van der Waals surface area contributed by atoms with Crippen LogP contribution in [0.2, 0.25) is 0 Å². The molecule has 0 heterocycles. The van der Waals surface area contributed by atoms with E-state index >= 15 is 0 Å². The lowest BCUT2D eigenvalue weighted by atomic mass is 10.1. The third kappa shape index (κ3) is 12.4. The van der Waals surface area contributed by atoms with Crippen molar-refractivity contribution in [2.24, 2.45) is 0 Å². The number of amides is 2. The SMILES string of the molecule is COC(=O)CCC(=O)NCCCC[C@H](NC(=O)CCC(=O)OC)C(=O)OC. The highest BCUT2D eigenvalue weighted by Gasteiger charge is 2.21. The van der Waals surface area contributed by atoms with Gasteiger partial charge in [0.15, 0.2) is 0 Å². The lowest BCUT2D eigenvalue weighted by Gasteiger charge is -2.16. The number of nitrogens with one attached hydrogen (secondary N) is 2. The summed E-state index contributed by atoms with van der Waals surface area (Å²) in [6.45, 7) is 0.379. The normalized spacial score (nSPS) is 11.1. The molecule has 0 aliphatic carbocycles. The fourth-order valence-electron chi connectivity index (χ4n) is 2.08. The lowest BCUT2D eigenvalue weighted by Crippen LogP contribution is -2.41. The van der Waals surface area contributed by atoms with Crippen LogP contribution in [0.5, 0.6) is 0 Å². The van der Waals surface area contributed by atoms with Crippen LogP contribution in [-0.4, -0.2) is 63.6 Å². The van der Waals surface area contributed by atoms with Gasteiger partial charge in [-0.05, 0) is 19.3 Å². The maximum Gasteiger partial charge on any atom is 0.328 e. The van der Waals surface area contributed by atoms with Gasteiger partial charge in [0, 0.05) is 19.4 Å². The molecule has 0 radical (unpaired) electrons. The molecule has 0 saturated carbocycles. The summed E-state index contributed by atoms with van der Waals surface area (Å²) in [4.78, 5) is 57.1. The molecule has 10 nitrogen and oxygen atoms in total. The summed E-state index contributed by atoms with van der Waals surface area (Å²) in [7, 11) is 3.70. The summed E-state index contributed by atoms with van der Waals surface area (Å²) in [5.41, 5.74) is 0. The summed E-state index contributed by atoms with van der Waals surface area (Å²) >= 11 is 0. The maximum atomic E-state index is 11.8. The Morgan fingerprint density at radius 2 is 1.30 bits per heavy atom. The predicted molar refractivity (Wildman–Crippen MR) is 93.3 cm³/mol. The zero-order valence-corrected chi connectivity index (χ0v) is 16.0. The van der Waals surface area contributed by atoms with E-state index in [2.05, 4.69) is 24.8 Å². The van der Waals surface area contributed by atoms with Crippen LogP contribution < -0.4 is 10.6 Å². The molecule has 0 aromatic carbocycles. The molecule has 0 spiro atoms. The van der Waals surface area contributed by atoms with E-state index in [1.807, 2.05) is 0 Å². The molecule has 0 aromatic heterocycles. The van der Waals surface area contributed by atoms with Crippen LogP contribution in [0.4, 0.5) is 0 Å². The molecule has 0 saturated heterocycles. The number of carbonyl (C=O) groups excluding carboxylic acids is 5. The molecule has 0 aliphatic heterocycles. The second-order valence-corrected chi connectivity index (χ2v) is 5.64. The Morgan fingerprint density at radius 3 is 1.81 bits per heavy atom. The minimum Gasteiger partial charge on any atom is -0.469 e. The van der Waals surface area contributed by atoms with E-state index in [1.54, 1.807) is 0 Å². The van der Waals surface area contributed by atoms with E-state index in [0.29, 0.717) is 25.8 Å². The molecular weight excluding hydrogens is 360 g/mol. The van der Waals surface area contributed by atoms with Gasteiger partial charge in [0.1, 0.15) is 6.04 Å². The van der Waals surface area contributed by atoms with Crippen LogP contribution in [0.25, 0.3) is 0 Å². The Labute approximate surface area is 158 Å². The van der Waals surface area contributed by atoms with Crippen molar-refractivity contribution in [3.8, 4) is 0 Å². The van der Waals surface area contributed by atoms with Crippen LogP contribution in [0.15, 0.2) is 0 Å². The summed E-state index contributed by atoms with van der Waals surface area (Å²) in [6, 6.07) is -0.824. The Bertz CT molecular complexity index is 521. The average Bonchev–Trinajstić information content (AvgIpc) is 2.68. The number of rotatable bonds is 13. The van der Waals surface area contributed by atoms with Crippen molar-refractivity contribution in [1.82, 2.24) is 10.6 Å². The van der Waals surface area contributed by atoms with Crippen molar-refractivity contribution in [1.29, 1.82) is 0 Å². The first-order chi connectivity index (χ1) is 12.8. The van der Waals surface area contributed by atoms with Gasteiger partial charge in [0.05, 0.1) is 34.2 Å². The highest BCUT2D eigenvalue weighted by molar-refractivity contribution is 5.86. The van der Waals surface area contributed by atoms with Gasteiger partial charge in [0.25, 0.3) is 0 Å². The van der Waals surface area contributed by atoms with Crippen molar-refractivity contribution in [2.75, 3.05) is 27.9 Å². The van der Waals surface area contributed by atoms with Gasteiger partial charge in [-0.2, -0.15) is 0 Å². The Morgan fingerprint density at radius 1 is 0.741 bits per heavy atom. The van der Waals surface area contributed by atoms with Gasteiger partial charge in [-0.25, -0.2) is 4.79 Å². The van der Waals surface area contributed by atoms with Crippen molar-refractivity contribution in [3.05, 3.63) is 0 Å². The van der Waals surface area contributed by atoms with Crippen molar-refractivity contribution < 1.29 is 38.2 Å². The van der Waals surface area contributed by atoms with Gasteiger partial charge in [-0.1, -0.05) is 0 Å². The summed E-state index contributed by atoms with van der Waals surface area (Å²) in [5, 5.41) is 5.18. The monoisotopic (exact) mass is 388 g/mol. The Balaban J connectivity index is 4.12. The number of esters is 3. The minimum atomic E-state index is -0.824. The Hall–Kier alpha value is -2.65. The number of hydrogen-bond acceptors (Lipinski definition) is 8. The van der Waals surface area contributed by atoms with Crippen molar-refractivity contribution >= 4 is 29.7 Å². The lowest BCUT2D eigenvalue weighted by molar-refractivity contribution is -0.145. The zero-order chi connectivity index (χ0) is 20.7. The van der Waals surface area contributed by atoms with E-state index < -0.39 is 29.9 Å². The molecule has 0 aliphatic rings. The molecule has 0 aromatic rings. The van der Waals surface area contributed by atoms with Crippen molar-refractivity contribution in [2.45, 2.75) is 51.0 Å². The van der Waals surface area contributed by atoms with E-state index in [4.69, 9.17) is 0 Å². The zero-order valence-electron chi connectivity index (χ0n) is 16.0. The largest absolute Gasteiger partial charge is 0.469 e. The fraction of sp³-hybridized carbons (Fsp3) is 0.706. The van der Waals surface area contributed by atoms with Crippen LogP contribution in [-0.2, 0) is 38.2 Å². The molecule has 1 atom stereocenters. The molecule has 10 heteroatoms. The van der Waals surface area contributed by atoms with Gasteiger partial charge in [0.2, 0.25) is 11.8 Å². The number of ether oxygens (including phenoxy) is 3. The first kappa shape index (κ1) is 24.4. The molecule has 0 unspecified atom stereocenters. The number of hydrogen-bond donors (Lipinski definition) is 2. The summed E-state index contributed by atoms with van der Waals surface area (Å²) < 4.78 is 13.6. The number of unbranched alkanes of at least 4 members (excludes halogenated alkanes) is 1. The molecule has 0 fully saturated rings. The molecule has 154 valence electrons. The standard InChI is InChI=1S/C17H28N2O8/c1-25-15(22)9-7-13(20)18-11-5-4-6-12(17(24)27-3)19-14(21)8-10-16(23)26-2/h12H,4-11H2,1-3H3,(H,18,20)(H,19,21)/t12-/m0/s1. The Kier molecular flexibility index (Phi) is 13.1. The predicted octanol–water partition coefficient (Wildman–Crippen LogP) is -0.163. The highest BCUT2D eigenvalue weighted by Crippen LogP contribution is 2.04. The molecule has 2 amide bonds. The molecule has 0 rings (SSSR count). The van der Waals surface area contributed by atoms with Gasteiger partial charge in [-0.3, -0.25) is 19.2 Å². The first-order valence-electron chi connectivity index (χ1n) is 8.61. The third-order valence-electron chi connectivity index (χ3n) is 3.63. The number of methoxy groups -OCH3 is 3. The smallest absolute Gasteiger partial charge is 0.328 e. The van der Waals surface area contributed by atoms with Gasteiger partial charge < -0.3 is 24.8 Å². The summed E-state index contributed by atoms with van der Waals surface area (Å²) in [5.74, 6) is -2.26. The van der Waals surface area contributed by atoms with E-state index in [-0.39, 0.29) is 31.6 Å². The molecule has 0 bridgehead atoms. The molecule has 2 N–H and O–H groups in total. The van der Waals surface area contributed by atoms with E-state index in [1.165, 1.54) is 21.3 Å². The third-order valence-corrected chi connectivity index (χ3v) is 3.63. The fourth-order valence-corrected chi connectivity index (χ4v) is 2.08. The van der Waals surface area contributed by atoms with Crippen molar-refractivity contribution in [3.63, 3.8) is 0 Å².